The van der Waals surface area contributed by atoms with Crippen molar-refractivity contribution in [1.29, 1.82) is 0 Å². The monoisotopic (exact) mass is 312 g/mol. The molecule has 0 amide bonds. The standard InChI is InChI=1S/C18H20N2OS/c1-3-11-21-17-9-7-16(8-10-17)20-18(22)19-13-15-6-4-5-14(2)12-15/h3-10,12H,1,11,13H2,2H3,(H2,19,20,22). The summed E-state index contributed by atoms with van der Waals surface area (Å²) in [6.07, 6.45) is 1.72. The molecule has 0 bridgehead atoms. The van der Waals surface area contributed by atoms with Gasteiger partial charge in [-0.15, -0.1) is 0 Å². The van der Waals surface area contributed by atoms with Crippen LogP contribution in [0.1, 0.15) is 11.1 Å². The Morgan fingerprint density at radius 2 is 2.00 bits per heavy atom. The first-order chi connectivity index (χ1) is 10.7. The molecule has 0 aliphatic heterocycles. The number of thiocarbonyl (C=S) groups is 1. The summed E-state index contributed by atoms with van der Waals surface area (Å²) in [4.78, 5) is 0. The summed E-state index contributed by atoms with van der Waals surface area (Å²) in [7, 11) is 0. The van der Waals surface area contributed by atoms with Gasteiger partial charge in [0.25, 0.3) is 0 Å². The largest absolute Gasteiger partial charge is 0.490 e. The molecule has 3 nitrogen and oxygen atoms in total. The van der Waals surface area contributed by atoms with Gasteiger partial charge in [0.1, 0.15) is 12.4 Å². The van der Waals surface area contributed by atoms with Gasteiger partial charge >= 0.3 is 0 Å². The molecule has 22 heavy (non-hydrogen) atoms. The van der Waals surface area contributed by atoms with Crippen LogP contribution in [0.5, 0.6) is 5.75 Å². The summed E-state index contributed by atoms with van der Waals surface area (Å²) in [6, 6.07) is 16.0. The number of ether oxygens (including phenoxy) is 1. The van der Waals surface area contributed by atoms with E-state index in [1.807, 2.05) is 30.3 Å². The highest BCUT2D eigenvalue weighted by Crippen LogP contribution is 2.15. The second-order valence-electron chi connectivity index (χ2n) is 4.92. The Morgan fingerprint density at radius 1 is 1.23 bits per heavy atom. The highest BCUT2D eigenvalue weighted by Gasteiger charge is 1.99. The lowest BCUT2D eigenvalue weighted by Gasteiger charge is -2.11. The van der Waals surface area contributed by atoms with Crippen LogP contribution >= 0.6 is 12.2 Å². The van der Waals surface area contributed by atoms with Crippen molar-refractivity contribution in [2.24, 2.45) is 0 Å². The van der Waals surface area contributed by atoms with Crippen molar-refractivity contribution in [3.8, 4) is 5.75 Å². The SMILES string of the molecule is C=CCOc1ccc(NC(=S)NCc2cccc(C)c2)cc1. The maximum absolute atomic E-state index is 5.44. The second-order valence-corrected chi connectivity index (χ2v) is 5.33. The third kappa shape index (κ3) is 5.22. The lowest BCUT2D eigenvalue weighted by atomic mass is 10.1. The van der Waals surface area contributed by atoms with Crippen LogP contribution in [0.3, 0.4) is 0 Å². The Balaban J connectivity index is 1.82. The zero-order valence-corrected chi connectivity index (χ0v) is 13.5. The van der Waals surface area contributed by atoms with Crippen molar-refractivity contribution in [2.75, 3.05) is 11.9 Å². The Kier molecular flexibility index (Phi) is 5.98. The zero-order valence-electron chi connectivity index (χ0n) is 12.6. The molecule has 0 radical (unpaired) electrons. The lowest BCUT2D eigenvalue weighted by Crippen LogP contribution is -2.27. The lowest BCUT2D eigenvalue weighted by molar-refractivity contribution is 0.363. The molecule has 0 fully saturated rings. The number of nitrogens with one attached hydrogen (secondary N) is 2. The van der Waals surface area contributed by atoms with E-state index < -0.39 is 0 Å². The number of hydrogen-bond donors (Lipinski definition) is 2. The average molecular weight is 312 g/mol. The van der Waals surface area contributed by atoms with E-state index in [2.05, 4.69) is 42.3 Å². The molecule has 0 unspecified atom stereocenters. The fraction of sp³-hybridized carbons (Fsp3) is 0.167. The van der Waals surface area contributed by atoms with Crippen LogP contribution in [0, 0.1) is 6.92 Å². The minimum Gasteiger partial charge on any atom is -0.490 e. The van der Waals surface area contributed by atoms with Gasteiger partial charge in [-0.1, -0.05) is 42.5 Å². The molecule has 0 atom stereocenters. The van der Waals surface area contributed by atoms with E-state index >= 15 is 0 Å². The smallest absolute Gasteiger partial charge is 0.171 e. The maximum Gasteiger partial charge on any atom is 0.171 e. The fourth-order valence-corrected chi connectivity index (χ4v) is 2.16. The van der Waals surface area contributed by atoms with Gasteiger partial charge in [-0.3, -0.25) is 0 Å². The molecule has 0 aromatic heterocycles. The summed E-state index contributed by atoms with van der Waals surface area (Å²) in [5, 5.41) is 6.95. The van der Waals surface area contributed by atoms with Gasteiger partial charge in [0.15, 0.2) is 5.11 Å². The van der Waals surface area contributed by atoms with Crippen LogP contribution in [0.2, 0.25) is 0 Å². The molecular formula is C18H20N2OS. The summed E-state index contributed by atoms with van der Waals surface area (Å²) < 4.78 is 5.44. The van der Waals surface area contributed by atoms with E-state index in [-0.39, 0.29) is 0 Å². The van der Waals surface area contributed by atoms with E-state index in [1.54, 1.807) is 6.08 Å². The van der Waals surface area contributed by atoms with E-state index in [0.29, 0.717) is 18.3 Å². The highest BCUT2D eigenvalue weighted by atomic mass is 32.1. The zero-order chi connectivity index (χ0) is 15.8. The van der Waals surface area contributed by atoms with E-state index in [9.17, 15) is 0 Å². The minimum absolute atomic E-state index is 0.503. The van der Waals surface area contributed by atoms with E-state index in [1.165, 1.54) is 11.1 Å². The normalized spacial score (nSPS) is 9.86. The van der Waals surface area contributed by atoms with Crippen LogP contribution in [0.15, 0.2) is 61.2 Å². The molecule has 0 saturated carbocycles. The van der Waals surface area contributed by atoms with Crippen molar-refractivity contribution < 1.29 is 4.74 Å². The molecule has 2 aromatic carbocycles. The first kappa shape index (κ1) is 16.0. The van der Waals surface area contributed by atoms with Crippen molar-refractivity contribution in [1.82, 2.24) is 5.32 Å². The van der Waals surface area contributed by atoms with Crippen LogP contribution in [0.25, 0.3) is 0 Å². The summed E-state index contributed by atoms with van der Waals surface area (Å²) in [6.45, 7) is 6.91. The molecular weight excluding hydrogens is 292 g/mol. The average Bonchev–Trinajstić information content (AvgIpc) is 2.52. The Labute approximate surface area is 137 Å². The fourth-order valence-electron chi connectivity index (χ4n) is 1.97. The van der Waals surface area contributed by atoms with Gasteiger partial charge in [0.05, 0.1) is 0 Å². The molecule has 114 valence electrons. The molecule has 0 aliphatic carbocycles. The predicted molar refractivity (Wildman–Crippen MR) is 96.4 cm³/mol. The predicted octanol–water partition coefficient (Wildman–Crippen LogP) is 4.05. The van der Waals surface area contributed by atoms with Gasteiger partial charge in [-0.2, -0.15) is 0 Å². The van der Waals surface area contributed by atoms with E-state index in [4.69, 9.17) is 17.0 Å². The number of anilines is 1. The van der Waals surface area contributed by atoms with Gasteiger partial charge in [0, 0.05) is 12.2 Å². The Bertz CT molecular complexity index is 638. The van der Waals surface area contributed by atoms with E-state index in [0.717, 1.165) is 11.4 Å². The third-order valence-corrected chi connectivity index (χ3v) is 3.26. The summed E-state index contributed by atoms with van der Waals surface area (Å²) in [5.74, 6) is 0.809. The van der Waals surface area contributed by atoms with Crippen LogP contribution in [-0.4, -0.2) is 11.7 Å². The molecule has 4 heteroatoms. The van der Waals surface area contributed by atoms with Crippen LogP contribution in [0.4, 0.5) is 5.69 Å². The molecule has 2 N–H and O–H groups in total. The van der Waals surface area contributed by atoms with Gasteiger partial charge < -0.3 is 15.4 Å². The molecule has 0 saturated heterocycles. The highest BCUT2D eigenvalue weighted by molar-refractivity contribution is 7.80. The number of aryl methyl sites for hydroxylation is 1. The molecule has 0 heterocycles. The van der Waals surface area contributed by atoms with Crippen molar-refractivity contribution in [3.05, 3.63) is 72.3 Å². The maximum atomic E-state index is 5.44. The van der Waals surface area contributed by atoms with Crippen molar-refractivity contribution in [2.45, 2.75) is 13.5 Å². The molecule has 2 rings (SSSR count). The van der Waals surface area contributed by atoms with Gasteiger partial charge in [-0.05, 0) is 49.0 Å². The van der Waals surface area contributed by atoms with Crippen LogP contribution < -0.4 is 15.4 Å². The van der Waals surface area contributed by atoms with Crippen molar-refractivity contribution in [3.63, 3.8) is 0 Å². The third-order valence-electron chi connectivity index (χ3n) is 3.02. The summed E-state index contributed by atoms with van der Waals surface area (Å²) in [5.41, 5.74) is 3.37. The quantitative estimate of drug-likeness (QED) is 0.623. The number of hydrogen-bond acceptors (Lipinski definition) is 2. The Morgan fingerprint density at radius 3 is 2.68 bits per heavy atom. The van der Waals surface area contributed by atoms with Crippen molar-refractivity contribution >= 4 is 23.0 Å². The number of rotatable bonds is 6. The first-order valence-electron chi connectivity index (χ1n) is 7.11. The molecule has 0 spiro atoms. The number of benzene rings is 2. The minimum atomic E-state index is 0.503. The summed E-state index contributed by atoms with van der Waals surface area (Å²) >= 11 is 5.30. The van der Waals surface area contributed by atoms with Gasteiger partial charge in [0.2, 0.25) is 0 Å². The first-order valence-corrected chi connectivity index (χ1v) is 7.52. The molecule has 2 aromatic rings. The topological polar surface area (TPSA) is 33.3 Å². The Hall–Kier alpha value is -2.33. The van der Waals surface area contributed by atoms with Gasteiger partial charge in [-0.25, -0.2) is 0 Å². The molecule has 0 aliphatic rings. The van der Waals surface area contributed by atoms with Crippen LogP contribution in [-0.2, 0) is 6.54 Å². The second kappa shape index (κ2) is 8.20.